The Morgan fingerprint density at radius 3 is 2.32 bits per heavy atom. The molecule has 0 unspecified atom stereocenters. The maximum Gasteiger partial charge on any atom is 0.418 e. The van der Waals surface area contributed by atoms with E-state index in [0.717, 1.165) is 18.1 Å². The fourth-order valence-corrected chi connectivity index (χ4v) is 4.70. The van der Waals surface area contributed by atoms with Crippen LogP contribution in [-0.2, 0) is 22.1 Å². The number of ether oxygens (including phenoxy) is 2. The average molecular weight is 526 g/mol. The highest BCUT2D eigenvalue weighted by Gasteiger charge is 2.46. The molecule has 1 fully saturated rings. The number of alkyl halides is 3. The summed E-state index contributed by atoms with van der Waals surface area (Å²) in [6.45, 7) is 5.84. The first kappa shape index (κ1) is 27.2. The van der Waals surface area contributed by atoms with Crippen molar-refractivity contribution in [2.45, 2.75) is 45.7 Å². The Kier molecular flexibility index (Phi) is 8.09. The summed E-state index contributed by atoms with van der Waals surface area (Å²) in [5, 5.41) is 2.48. The molecule has 0 spiro atoms. The molecular weight excluding hydrogens is 495 g/mol. The van der Waals surface area contributed by atoms with Crippen LogP contribution in [0.5, 0.6) is 5.75 Å². The summed E-state index contributed by atoms with van der Waals surface area (Å²) in [6, 6.07) is 16.9. The Morgan fingerprint density at radius 1 is 1.00 bits per heavy atom. The van der Waals surface area contributed by atoms with Crippen molar-refractivity contribution in [2.75, 3.05) is 18.5 Å². The first-order valence-electron chi connectivity index (χ1n) is 12.6. The van der Waals surface area contributed by atoms with E-state index in [4.69, 9.17) is 9.47 Å². The highest BCUT2D eigenvalue weighted by molar-refractivity contribution is 6.07. The number of carbonyl (C=O) groups is 2. The van der Waals surface area contributed by atoms with E-state index in [2.05, 4.69) is 5.32 Å². The number of benzene rings is 3. The van der Waals surface area contributed by atoms with Crippen LogP contribution >= 0.6 is 0 Å². The van der Waals surface area contributed by atoms with Gasteiger partial charge in [-0.3, -0.25) is 9.59 Å². The van der Waals surface area contributed by atoms with Gasteiger partial charge in [-0.2, -0.15) is 13.2 Å². The smallest absolute Gasteiger partial charge is 0.418 e. The maximum absolute atomic E-state index is 13.8. The van der Waals surface area contributed by atoms with Gasteiger partial charge >= 0.3 is 12.1 Å². The molecule has 1 aliphatic carbocycles. The van der Waals surface area contributed by atoms with Gasteiger partial charge < -0.3 is 14.8 Å². The topological polar surface area (TPSA) is 64.6 Å². The Labute approximate surface area is 220 Å². The van der Waals surface area contributed by atoms with Gasteiger partial charge in [0.05, 0.1) is 30.4 Å². The predicted octanol–water partition coefficient (Wildman–Crippen LogP) is 6.86. The highest BCUT2D eigenvalue weighted by atomic mass is 19.4. The Hall–Kier alpha value is -3.81. The Morgan fingerprint density at radius 2 is 1.68 bits per heavy atom. The highest BCUT2D eigenvalue weighted by Crippen LogP contribution is 2.49. The first-order chi connectivity index (χ1) is 18.1. The summed E-state index contributed by atoms with van der Waals surface area (Å²) in [6.07, 6.45) is -3.44. The molecule has 0 bridgehead atoms. The van der Waals surface area contributed by atoms with Gasteiger partial charge in [0.25, 0.3) is 5.91 Å². The molecule has 3 aromatic carbocycles. The second kappa shape index (κ2) is 11.3. The van der Waals surface area contributed by atoms with Crippen LogP contribution in [-0.4, -0.2) is 25.1 Å². The van der Waals surface area contributed by atoms with Crippen molar-refractivity contribution in [1.29, 1.82) is 0 Å². The van der Waals surface area contributed by atoms with Crippen LogP contribution in [0.4, 0.5) is 18.9 Å². The molecule has 5 nitrogen and oxygen atoms in total. The SMILES string of the molecule is CCOC(=O)[C@@H]1C[C@@H]1c1ccc(C(F)(F)F)c(NC(=O)c2c(C)cc(OCCc3ccccc3)cc2C)c1. The van der Waals surface area contributed by atoms with E-state index in [0.29, 0.717) is 35.5 Å². The van der Waals surface area contributed by atoms with Crippen LogP contribution in [0.2, 0.25) is 0 Å². The Balaban J connectivity index is 1.51. The summed E-state index contributed by atoms with van der Waals surface area (Å²) < 4.78 is 52.2. The molecule has 0 saturated heterocycles. The summed E-state index contributed by atoms with van der Waals surface area (Å²) in [7, 11) is 0. The van der Waals surface area contributed by atoms with Gasteiger partial charge in [0.15, 0.2) is 0 Å². The predicted molar refractivity (Wildman–Crippen MR) is 138 cm³/mol. The lowest BCUT2D eigenvalue weighted by molar-refractivity contribution is -0.144. The number of amides is 1. The fourth-order valence-electron chi connectivity index (χ4n) is 4.70. The largest absolute Gasteiger partial charge is 0.493 e. The zero-order valence-electron chi connectivity index (χ0n) is 21.5. The molecular formula is C30H30F3NO4. The van der Waals surface area contributed by atoms with Gasteiger partial charge in [0.1, 0.15) is 5.75 Å². The fraction of sp³-hybridized carbons (Fsp3) is 0.333. The maximum atomic E-state index is 13.8. The molecule has 3 aromatic rings. The third-order valence-corrected chi connectivity index (χ3v) is 6.64. The zero-order valence-corrected chi connectivity index (χ0v) is 21.5. The van der Waals surface area contributed by atoms with E-state index in [9.17, 15) is 22.8 Å². The minimum Gasteiger partial charge on any atom is -0.493 e. The monoisotopic (exact) mass is 525 g/mol. The molecule has 1 saturated carbocycles. The van der Waals surface area contributed by atoms with Crippen molar-refractivity contribution in [2.24, 2.45) is 5.92 Å². The molecule has 0 heterocycles. The van der Waals surface area contributed by atoms with Gasteiger partial charge in [0.2, 0.25) is 0 Å². The number of carbonyl (C=O) groups excluding carboxylic acids is 2. The van der Waals surface area contributed by atoms with Crippen molar-refractivity contribution < 1.29 is 32.2 Å². The van der Waals surface area contributed by atoms with Crippen LogP contribution in [0.1, 0.15) is 57.4 Å². The number of rotatable bonds is 9. The minimum atomic E-state index is -4.66. The van der Waals surface area contributed by atoms with Crippen molar-refractivity contribution in [3.63, 3.8) is 0 Å². The third-order valence-electron chi connectivity index (χ3n) is 6.64. The quantitative estimate of drug-likeness (QED) is 0.310. The third kappa shape index (κ3) is 6.36. The molecule has 8 heteroatoms. The van der Waals surface area contributed by atoms with Crippen molar-refractivity contribution in [1.82, 2.24) is 0 Å². The standard InChI is InChI=1S/C30H30F3NO4/c1-4-37-29(36)24-17-23(24)21-10-11-25(30(31,32)33)26(16-21)34-28(35)27-18(2)14-22(15-19(27)3)38-13-12-20-8-6-5-7-9-20/h5-11,14-16,23-24H,4,12-13,17H2,1-3H3,(H,34,35)/t23-,24-/m1/s1. The number of halogens is 3. The van der Waals surface area contributed by atoms with Crippen LogP contribution in [0.25, 0.3) is 0 Å². The second-order valence-electron chi connectivity index (χ2n) is 9.47. The normalized spacial score (nSPS) is 16.6. The molecule has 200 valence electrons. The van der Waals surface area contributed by atoms with Gasteiger partial charge in [0, 0.05) is 12.0 Å². The van der Waals surface area contributed by atoms with Gasteiger partial charge in [-0.15, -0.1) is 0 Å². The molecule has 4 rings (SSSR count). The molecule has 1 aliphatic rings. The molecule has 1 amide bonds. The molecule has 2 atom stereocenters. The van der Waals surface area contributed by atoms with Gasteiger partial charge in [-0.1, -0.05) is 36.4 Å². The molecule has 38 heavy (non-hydrogen) atoms. The first-order valence-corrected chi connectivity index (χ1v) is 12.6. The minimum absolute atomic E-state index is 0.234. The summed E-state index contributed by atoms with van der Waals surface area (Å²) in [5.41, 5.74) is 1.88. The average Bonchev–Trinajstić information content (AvgIpc) is 3.65. The van der Waals surface area contributed by atoms with Crippen LogP contribution < -0.4 is 10.1 Å². The summed E-state index contributed by atoms with van der Waals surface area (Å²) in [4.78, 5) is 25.2. The molecule has 0 aliphatic heterocycles. The number of hydrogen-bond donors (Lipinski definition) is 1. The van der Waals surface area contributed by atoms with Gasteiger partial charge in [-0.05, 0) is 79.6 Å². The number of esters is 1. The second-order valence-corrected chi connectivity index (χ2v) is 9.47. The summed E-state index contributed by atoms with van der Waals surface area (Å²) >= 11 is 0. The van der Waals surface area contributed by atoms with E-state index in [-0.39, 0.29) is 35.7 Å². The van der Waals surface area contributed by atoms with Crippen LogP contribution in [0, 0.1) is 19.8 Å². The van der Waals surface area contributed by atoms with Crippen LogP contribution in [0.3, 0.4) is 0 Å². The van der Waals surface area contributed by atoms with Crippen LogP contribution in [0.15, 0.2) is 60.7 Å². The molecule has 0 aromatic heterocycles. The van der Waals surface area contributed by atoms with E-state index in [1.165, 1.54) is 12.1 Å². The number of anilines is 1. The van der Waals surface area contributed by atoms with E-state index in [1.807, 2.05) is 30.3 Å². The number of nitrogens with one attached hydrogen (secondary N) is 1. The van der Waals surface area contributed by atoms with Crippen molar-refractivity contribution in [3.8, 4) is 5.75 Å². The van der Waals surface area contributed by atoms with E-state index >= 15 is 0 Å². The van der Waals surface area contributed by atoms with Crippen molar-refractivity contribution in [3.05, 3.63) is 94.0 Å². The lowest BCUT2D eigenvalue weighted by Gasteiger charge is -2.17. The number of aryl methyl sites for hydroxylation is 2. The Bertz CT molecular complexity index is 1300. The van der Waals surface area contributed by atoms with E-state index < -0.39 is 17.6 Å². The molecule has 1 N–H and O–H groups in total. The van der Waals surface area contributed by atoms with E-state index in [1.54, 1.807) is 32.9 Å². The molecule has 0 radical (unpaired) electrons. The zero-order chi connectivity index (χ0) is 27.4. The van der Waals surface area contributed by atoms with Crippen molar-refractivity contribution >= 4 is 17.6 Å². The lowest BCUT2D eigenvalue weighted by atomic mass is 10.00. The summed E-state index contributed by atoms with van der Waals surface area (Å²) in [5.74, 6) is -1.03. The lowest BCUT2D eigenvalue weighted by Crippen LogP contribution is -2.19. The number of hydrogen-bond acceptors (Lipinski definition) is 4. The van der Waals surface area contributed by atoms with Gasteiger partial charge in [-0.25, -0.2) is 0 Å².